The van der Waals surface area contributed by atoms with Gasteiger partial charge in [0.1, 0.15) is 0 Å². The van der Waals surface area contributed by atoms with Crippen LogP contribution in [-0.2, 0) is 21.4 Å². The number of rotatable bonds is 3. The molecule has 1 aromatic rings. The zero-order valence-electron chi connectivity index (χ0n) is 7.49. The molecule has 1 heterocycles. The number of benzene rings is 1. The predicted molar refractivity (Wildman–Crippen MR) is 62.8 cm³/mol. The fraction of sp³-hybridized carbons (Fsp3) is 0.250. The number of hydrogen-bond donors (Lipinski definition) is 3. The molecular formula is C8H10LiNO4S2. The first kappa shape index (κ1) is 13.7. The summed E-state index contributed by atoms with van der Waals surface area (Å²) >= 11 is 0. The molecular weight excluding hydrogens is 245 g/mol. The monoisotopic (exact) mass is 255 g/mol. The molecule has 0 bridgehead atoms. The molecule has 1 N–H and O–H groups in total. The first-order chi connectivity index (χ1) is 7.09. The van der Waals surface area contributed by atoms with E-state index in [-0.39, 0.29) is 18.9 Å². The van der Waals surface area contributed by atoms with Crippen molar-refractivity contribution in [3.8, 4) is 0 Å². The Hall–Kier alpha value is -0.323. The summed E-state index contributed by atoms with van der Waals surface area (Å²) in [7, 11) is -6.08. The quantitative estimate of drug-likeness (QED) is 0.349. The van der Waals surface area contributed by atoms with E-state index in [0.717, 1.165) is 0 Å². The van der Waals surface area contributed by atoms with Crippen molar-refractivity contribution in [1.29, 1.82) is 0 Å². The van der Waals surface area contributed by atoms with Crippen LogP contribution in [0.5, 0.6) is 0 Å². The third-order valence-corrected chi connectivity index (χ3v) is 5.23. The van der Waals surface area contributed by atoms with E-state index in [9.17, 15) is 16.8 Å². The average Bonchev–Trinajstić information content (AvgIpc) is 2.95. The van der Waals surface area contributed by atoms with Gasteiger partial charge in [-0.1, -0.05) is 30.3 Å². The Morgan fingerprint density at radius 2 is 1.50 bits per heavy atom. The van der Waals surface area contributed by atoms with Crippen LogP contribution in [0.25, 0.3) is 0 Å². The van der Waals surface area contributed by atoms with Gasteiger partial charge in [-0.25, -0.2) is 16.8 Å². The number of thiol groups is 2. The molecule has 8 heteroatoms. The van der Waals surface area contributed by atoms with Gasteiger partial charge in [-0.05, 0) is 5.56 Å². The van der Waals surface area contributed by atoms with Gasteiger partial charge in [0.05, 0.1) is 6.04 Å². The van der Waals surface area contributed by atoms with Crippen LogP contribution in [-0.4, -0.2) is 39.9 Å². The summed E-state index contributed by atoms with van der Waals surface area (Å²) in [6.45, 7) is 0. The Labute approximate surface area is 108 Å². The minimum absolute atomic E-state index is 0. The maximum atomic E-state index is 10.9. The average molecular weight is 255 g/mol. The van der Waals surface area contributed by atoms with E-state index in [1.54, 1.807) is 30.3 Å². The van der Waals surface area contributed by atoms with E-state index in [0.29, 0.717) is 5.56 Å². The molecule has 0 spiro atoms. The van der Waals surface area contributed by atoms with Crippen LogP contribution in [0.1, 0.15) is 11.6 Å². The summed E-state index contributed by atoms with van der Waals surface area (Å²) in [5.41, 5.74) is 0.663. The molecule has 2 rings (SSSR count). The molecule has 1 aliphatic heterocycles. The maximum absolute atomic E-state index is 10.9. The summed E-state index contributed by atoms with van der Waals surface area (Å²) < 4.78 is 41.8. The summed E-state index contributed by atoms with van der Waals surface area (Å²) in [5, 5.41) is 2.51. The standard InChI is InChI=1S/C8H9NO4S2.Li.H/c10-14(11)8(15(12)13)7(9-8)6-4-2-1-3-5-6;;/h1-5,7,9,14-15H;;. The molecule has 0 saturated carbocycles. The molecule has 5 nitrogen and oxygen atoms in total. The van der Waals surface area contributed by atoms with Crippen LogP contribution in [0.4, 0.5) is 0 Å². The van der Waals surface area contributed by atoms with Crippen molar-refractivity contribution >= 4 is 40.3 Å². The van der Waals surface area contributed by atoms with Gasteiger partial charge in [0.2, 0.25) is 4.20 Å². The van der Waals surface area contributed by atoms with E-state index < -0.39 is 31.7 Å². The van der Waals surface area contributed by atoms with E-state index in [4.69, 9.17) is 0 Å². The van der Waals surface area contributed by atoms with Gasteiger partial charge in [0.25, 0.3) is 0 Å². The molecule has 0 aromatic heterocycles. The van der Waals surface area contributed by atoms with Crippen LogP contribution in [0.2, 0.25) is 0 Å². The summed E-state index contributed by atoms with van der Waals surface area (Å²) in [4.78, 5) is 0. The second-order valence-corrected chi connectivity index (χ2v) is 6.02. The van der Waals surface area contributed by atoms with E-state index in [1.807, 2.05) is 0 Å². The van der Waals surface area contributed by atoms with Crippen molar-refractivity contribution in [3.05, 3.63) is 35.9 Å². The van der Waals surface area contributed by atoms with E-state index >= 15 is 0 Å². The van der Waals surface area contributed by atoms with Crippen molar-refractivity contribution in [3.63, 3.8) is 0 Å². The van der Waals surface area contributed by atoms with Gasteiger partial charge in [0.15, 0.2) is 21.4 Å². The van der Waals surface area contributed by atoms with Gasteiger partial charge in [-0.3, -0.25) is 5.32 Å². The fourth-order valence-corrected chi connectivity index (χ4v) is 3.24. The third-order valence-electron chi connectivity index (χ3n) is 2.37. The van der Waals surface area contributed by atoms with Crippen LogP contribution in [0, 0.1) is 0 Å². The molecule has 0 radical (unpaired) electrons. The Morgan fingerprint density at radius 1 is 1.00 bits per heavy atom. The fourth-order valence-electron chi connectivity index (χ4n) is 1.51. The second kappa shape index (κ2) is 4.90. The Balaban J connectivity index is 0.00000128. The molecule has 1 atom stereocenters. The van der Waals surface area contributed by atoms with Gasteiger partial charge < -0.3 is 0 Å². The van der Waals surface area contributed by atoms with Gasteiger partial charge >= 0.3 is 18.9 Å². The first-order valence-electron chi connectivity index (χ1n) is 4.20. The Morgan fingerprint density at radius 3 is 1.88 bits per heavy atom. The topological polar surface area (TPSA) is 90.2 Å². The van der Waals surface area contributed by atoms with Gasteiger partial charge in [-0.2, -0.15) is 0 Å². The molecule has 1 fully saturated rings. The van der Waals surface area contributed by atoms with Crippen molar-refractivity contribution in [1.82, 2.24) is 5.32 Å². The van der Waals surface area contributed by atoms with Crippen LogP contribution in [0.3, 0.4) is 0 Å². The van der Waals surface area contributed by atoms with Crippen molar-refractivity contribution < 1.29 is 16.8 Å². The Kier molecular flexibility index (Phi) is 4.21. The SMILES string of the molecule is O=[SH](=O)C1([SH](=O)=O)NC1c1ccccc1.[LiH]. The first-order valence-corrected chi connectivity index (χ1v) is 6.56. The van der Waals surface area contributed by atoms with E-state index in [1.165, 1.54) is 0 Å². The zero-order valence-corrected chi connectivity index (χ0v) is 9.28. The van der Waals surface area contributed by atoms with Crippen LogP contribution in [0.15, 0.2) is 30.3 Å². The summed E-state index contributed by atoms with van der Waals surface area (Å²) in [5.74, 6) is 0. The summed E-state index contributed by atoms with van der Waals surface area (Å²) in [6, 6.07) is 7.99. The second-order valence-electron chi connectivity index (χ2n) is 3.23. The summed E-state index contributed by atoms with van der Waals surface area (Å²) in [6.07, 6.45) is 0. The van der Waals surface area contributed by atoms with E-state index in [2.05, 4.69) is 5.32 Å². The van der Waals surface area contributed by atoms with Crippen LogP contribution >= 0.6 is 0 Å². The molecule has 84 valence electrons. The predicted octanol–water partition coefficient (Wildman–Crippen LogP) is -1.44. The molecule has 1 unspecified atom stereocenters. The van der Waals surface area contributed by atoms with Gasteiger partial charge in [0, 0.05) is 0 Å². The number of nitrogens with one attached hydrogen (secondary N) is 1. The van der Waals surface area contributed by atoms with Crippen molar-refractivity contribution in [2.45, 2.75) is 10.2 Å². The number of hydrogen-bond acceptors (Lipinski definition) is 5. The molecule has 0 aliphatic carbocycles. The van der Waals surface area contributed by atoms with Crippen molar-refractivity contribution in [2.24, 2.45) is 0 Å². The zero-order chi connectivity index (χ0) is 11.1. The molecule has 16 heavy (non-hydrogen) atoms. The normalized spacial score (nSPS) is 21.8. The molecule has 1 saturated heterocycles. The third kappa shape index (κ3) is 2.06. The van der Waals surface area contributed by atoms with Gasteiger partial charge in [-0.15, -0.1) is 0 Å². The molecule has 0 amide bonds. The molecule has 1 aliphatic rings. The Bertz CT molecular complexity index is 488. The minimum atomic E-state index is -3.04. The van der Waals surface area contributed by atoms with Crippen molar-refractivity contribution in [2.75, 3.05) is 0 Å². The molecule has 1 aromatic carbocycles. The van der Waals surface area contributed by atoms with Crippen LogP contribution < -0.4 is 5.32 Å².